The van der Waals surface area contributed by atoms with Crippen LogP contribution in [0.1, 0.15) is 13.8 Å². The van der Waals surface area contributed by atoms with Gasteiger partial charge >= 0.3 is 11.8 Å². The maximum Gasteiger partial charge on any atom is 0.314 e. The smallest absolute Gasteiger partial charge is 0.314 e. The van der Waals surface area contributed by atoms with E-state index >= 15 is 0 Å². The van der Waals surface area contributed by atoms with Crippen LogP contribution in [-0.4, -0.2) is 17.9 Å². The second kappa shape index (κ2) is 8.04. The van der Waals surface area contributed by atoms with Gasteiger partial charge in [-0.1, -0.05) is 23.2 Å². The highest BCUT2D eigenvalue weighted by Crippen LogP contribution is 2.22. The normalized spacial score (nSPS) is 10.4. The van der Waals surface area contributed by atoms with Crippen LogP contribution in [0.3, 0.4) is 0 Å². The Morgan fingerprint density at radius 2 is 1.38 bits per heavy atom. The molecule has 2 rings (SSSR count). The van der Waals surface area contributed by atoms with Crippen LogP contribution in [0.4, 0.5) is 11.4 Å². The highest BCUT2D eigenvalue weighted by Gasteiger charge is 2.14. The summed E-state index contributed by atoms with van der Waals surface area (Å²) in [6.45, 7) is 3.84. The summed E-state index contributed by atoms with van der Waals surface area (Å²) in [5.41, 5.74) is 0.823. The fraction of sp³-hybridized carbons (Fsp3) is 0.176. The number of halogens is 2. The Labute approximate surface area is 149 Å². The third kappa shape index (κ3) is 5.44. The maximum absolute atomic E-state index is 11.9. The Bertz CT molecular complexity index is 726. The highest BCUT2D eigenvalue weighted by molar-refractivity contribution is 6.44. The molecule has 0 fully saturated rings. The summed E-state index contributed by atoms with van der Waals surface area (Å²) in [5, 5.41) is 5.66. The van der Waals surface area contributed by atoms with Crippen LogP contribution in [0.2, 0.25) is 10.0 Å². The van der Waals surface area contributed by atoms with Crippen molar-refractivity contribution >= 4 is 46.4 Å². The number of hydrogen-bond donors (Lipinski definition) is 2. The summed E-state index contributed by atoms with van der Waals surface area (Å²) in [7, 11) is 0. The molecule has 0 saturated carbocycles. The molecule has 24 heavy (non-hydrogen) atoms. The van der Waals surface area contributed by atoms with Gasteiger partial charge in [-0.25, -0.2) is 0 Å². The molecule has 0 aliphatic rings. The third-order valence-electron chi connectivity index (χ3n) is 2.81. The molecule has 0 heterocycles. The van der Waals surface area contributed by atoms with Gasteiger partial charge in [0.2, 0.25) is 0 Å². The standard InChI is InChI=1S/C17H16Cl2N2O3/c1-10(2)24-15-5-3-13(4-6-15)20-16(22)17(23)21-14-8-11(18)7-12(19)9-14/h3-10H,1-2H3,(H,20,22)(H,21,23). The summed E-state index contributed by atoms with van der Waals surface area (Å²) in [6, 6.07) is 11.2. The lowest BCUT2D eigenvalue weighted by Crippen LogP contribution is -2.29. The van der Waals surface area contributed by atoms with Crippen molar-refractivity contribution in [3.8, 4) is 5.75 Å². The predicted molar refractivity (Wildman–Crippen MR) is 95.9 cm³/mol. The van der Waals surface area contributed by atoms with E-state index in [4.69, 9.17) is 27.9 Å². The van der Waals surface area contributed by atoms with Gasteiger partial charge in [0.15, 0.2) is 0 Å². The topological polar surface area (TPSA) is 67.4 Å². The van der Waals surface area contributed by atoms with Gasteiger partial charge in [-0.05, 0) is 56.3 Å². The van der Waals surface area contributed by atoms with E-state index in [1.807, 2.05) is 13.8 Å². The monoisotopic (exact) mass is 366 g/mol. The number of nitrogens with one attached hydrogen (secondary N) is 2. The summed E-state index contributed by atoms with van der Waals surface area (Å²) in [4.78, 5) is 23.8. The predicted octanol–water partition coefficient (Wildman–Crippen LogP) is 4.36. The Morgan fingerprint density at radius 3 is 1.88 bits per heavy atom. The van der Waals surface area contributed by atoms with Crippen LogP contribution in [-0.2, 0) is 9.59 Å². The van der Waals surface area contributed by atoms with Crippen LogP contribution in [0.15, 0.2) is 42.5 Å². The van der Waals surface area contributed by atoms with Crippen LogP contribution in [0.5, 0.6) is 5.75 Å². The van der Waals surface area contributed by atoms with Crippen molar-refractivity contribution in [3.05, 3.63) is 52.5 Å². The number of anilines is 2. The van der Waals surface area contributed by atoms with Crippen LogP contribution in [0.25, 0.3) is 0 Å². The molecule has 126 valence electrons. The molecule has 0 radical (unpaired) electrons. The zero-order chi connectivity index (χ0) is 17.7. The number of carbonyl (C=O) groups excluding carboxylic acids is 2. The number of carbonyl (C=O) groups is 2. The lowest BCUT2D eigenvalue weighted by molar-refractivity contribution is -0.132. The van der Waals surface area contributed by atoms with Gasteiger partial charge in [-0.3, -0.25) is 9.59 Å². The Morgan fingerprint density at radius 1 is 0.875 bits per heavy atom. The number of hydrogen-bond acceptors (Lipinski definition) is 3. The van der Waals surface area contributed by atoms with Gasteiger partial charge in [0.25, 0.3) is 0 Å². The number of ether oxygens (including phenoxy) is 1. The molecule has 0 bridgehead atoms. The van der Waals surface area contributed by atoms with Gasteiger partial charge < -0.3 is 15.4 Å². The van der Waals surface area contributed by atoms with E-state index in [1.54, 1.807) is 24.3 Å². The molecule has 5 nitrogen and oxygen atoms in total. The SMILES string of the molecule is CC(C)Oc1ccc(NC(=O)C(=O)Nc2cc(Cl)cc(Cl)c2)cc1. The van der Waals surface area contributed by atoms with Crippen molar-refractivity contribution in [1.82, 2.24) is 0 Å². The molecular weight excluding hydrogens is 351 g/mol. The first-order chi connectivity index (χ1) is 11.3. The van der Waals surface area contributed by atoms with E-state index in [1.165, 1.54) is 18.2 Å². The second-order valence-electron chi connectivity index (χ2n) is 5.26. The summed E-state index contributed by atoms with van der Waals surface area (Å²) >= 11 is 11.7. The maximum atomic E-state index is 11.9. The van der Waals surface area contributed by atoms with Crippen molar-refractivity contribution in [1.29, 1.82) is 0 Å². The molecule has 0 saturated heterocycles. The quantitative estimate of drug-likeness (QED) is 0.790. The Hall–Kier alpha value is -2.24. The van der Waals surface area contributed by atoms with Gasteiger partial charge in [-0.2, -0.15) is 0 Å². The van der Waals surface area contributed by atoms with Crippen molar-refractivity contribution in [3.63, 3.8) is 0 Å². The van der Waals surface area contributed by atoms with Gasteiger partial charge in [0.1, 0.15) is 5.75 Å². The molecule has 0 aromatic heterocycles. The summed E-state index contributed by atoms with van der Waals surface area (Å²) in [5.74, 6) is -0.944. The molecule has 0 unspecified atom stereocenters. The van der Waals surface area contributed by atoms with E-state index in [9.17, 15) is 9.59 Å². The van der Waals surface area contributed by atoms with Crippen LogP contribution in [0, 0.1) is 0 Å². The molecule has 0 spiro atoms. The lowest BCUT2D eigenvalue weighted by Gasteiger charge is -2.11. The van der Waals surface area contributed by atoms with E-state index in [0.29, 0.717) is 27.2 Å². The first-order valence-electron chi connectivity index (χ1n) is 7.18. The fourth-order valence-corrected chi connectivity index (χ4v) is 2.42. The first-order valence-corrected chi connectivity index (χ1v) is 7.94. The van der Waals surface area contributed by atoms with E-state index < -0.39 is 11.8 Å². The minimum Gasteiger partial charge on any atom is -0.491 e. The molecule has 0 atom stereocenters. The first kappa shape index (κ1) is 18.1. The zero-order valence-electron chi connectivity index (χ0n) is 13.1. The minimum atomic E-state index is -0.823. The van der Waals surface area contributed by atoms with E-state index in [-0.39, 0.29) is 6.10 Å². The van der Waals surface area contributed by atoms with Gasteiger partial charge in [0, 0.05) is 21.4 Å². The van der Waals surface area contributed by atoms with Crippen molar-refractivity contribution in [2.45, 2.75) is 20.0 Å². The Kier molecular flexibility index (Phi) is 6.06. The van der Waals surface area contributed by atoms with Crippen molar-refractivity contribution < 1.29 is 14.3 Å². The number of benzene rings is 2. The lowest BCUT2D eigenvalue weighted by atomic mass is 10.3. The van der Waals surface area contributed by atoms with Crippen molar-refractivity contribution in [2.75, 3.05) is 10.6 Å². The average molecular weight is 367 g/mol. The van der Waals surface area contributed by atoms with E-state index in [0.717, 1.165) is 0 Å². The van der Waals surface area contributed by atoms with Crippen LogP contribution >= 0.6 is 23.2 Å². The summed E-state index contributed by atoms with van der Waals surface area (Å²) < 4.78 is 5.51. The third-order valence-corrected chi connectivity index (χ3v) is 3.25. The van der Waals surface area contributed by atoms with Crippen molar-refractivity contribution in [2.24, 2.45) is 0 Å². The van der Waals surface area contributed by atoms with Gasteiger partial charge in [0.05, 0.1) is 6.10 Å². The molecule has 2 aromatic carbocycles. The Balaban J connectivity index is 1.97. The number of amides is 2. The average Bonchev–Trinajstić information content (AvgIpc) is 2.47. The molecule has 2 N–H and O–H groups in total. The second-order valence-corrected chi connectivity index (χ2v) is 6.13. The largest absolute Gasteiger partial charge is 0.491 e. The van der Waals surface area contributed by atoms with Gasteiger partial charge in [-0.15, -0.1) is 0 Å². The zero-order valence-corrected chi connectivity index (χ0v) is 14.6. The fourth-order valence-electron chi connectivity index (χ4n) is 1.89. The highest BCUT2D eigenvalue weighted by atomic mass is 35.5. The molecular formula is C17H16Cl2N2O3. The summed E-state index contributed by atoms with van der Waals surface area (Å²) in [6.07, 6.45) is 0.0562. The minimum absolute atomic E-state index is 0.0562. The number of rotatable bonds is 4. The van der Waals surface area contributed by atoms with E-state index in [2.05, 4.69) is 10.6 Å². The molecule has 0 aliphatic carbocycles. The molecule has 2 aromatic rings. The molecule has 0 aliphatic heterocycles. The molecule has 7 heteroatoms. The molecule has 2 amide bonds. The van der Waals surface area contributed by atoms with Crippen LogP contribution < -0.4 is 15.4 Å².